The Morgan fingerprint density at radius 1 is 1.09 bits per heavy atom. The van der Waals surface area contributed by atoms with E-state index >= 15 is 0 Å². The van der Waals surface area contributed by atoms with Crippen LogP contribution in [-0.4, -0.2) is 25.8 Å². The highest BCUT2D eigenvalue weighted by atomic mass is 16.7. The topological polar surface area (TPSA) is 57.3 Å². The molecule has 2 heterocycles. The van der Waals surface area contributed by atoms with Gasteiger partial charge in [0.1, 0.15) is 11.9 Å². The summed E-state index contributed by atoms with van der Waals surface area (Å²) in [6.07, 6.45) is -0.655. The average Bonchev–Trinajstić information content (AvgIpc) is 3.23. The number of benzene rings is 2. The number of ketones is 1. The van der Waals surface area contributed by atoms with Gasteiger partial charge in [-0.2, -0.15) is 0 Å². The zero-order chi connectivity index (χ0) is 15.1. The van der Waals surface area contributed by atoms with Crippen molar-refractivity contribution in [3.63, 3.8) is 0 Å². The molecule has 1 fully saturated rings. The summed E-state index contributed by atoms with van der Waals surface area (Å²) in [7, 11) is 1.59. The molecule has 1 saturated heterocycles. The van der Waals surface area contributed by atoms with Crippen LogP contribution in [0.4, 0.5) is 0 Å². The predicted octanol–water partition coefficient (Wildman–Crippen LogP) is 2.75. The molecule has 0 bridgehead atoms. The Hall–Kier alpha value is -2.53. The monoisotopic (exact) mass is 298 g/mol. The SMILES string of the molecule is COc1ccc(C(=O)[C@@H]2O[C@@H]2c2ccc3c(c2)OCO3)cc1. The summed E-state index contributed by atoms with van der Waals surface area (Å²) < 4.78 is 21.3. The first-order chi connectivity index (χ1) is 10.8. The minimum Gasteiger partial charge on any atom is -0.497 e. The van der Waals surface area contributed by atoms with Gasteiger partial charge in [0.05, 0.1) is 7.11 Å². The first kappa shape index (κ1) is 13.2. The molecule has 0 spiro atoms. The van der Waals surface area contributed by atoms with Crippen molar-refractivity contribution in [3.05, 3.63) is 53.6 Å². The van der Waals surface area contributed by atoms with Gasteiger partial charge in [-0.1, -0.05) is 6.07 Å². The minimum atomic E-state index is -0.436. The maximum Gasteiger partial charge on any atom is 0.231 e. The van der Waals surface area contributed by atoms with Crippen LogP contribution < -0.4 is 14.2 Å². The molecule has 2 aromatic carbocycles. The lowest BCUT2D eigenvalue weighted by Gasteiger charge is -2.01. The maximum absolute atomic E-state index is 12.4. The highest BCUT2D eigenvalue weighted by Gasteiger charge is 2.46. The van der Waals surface area contributed by atoms with Crippen molar-refractivity contribution < 1.29 is 23.7 Å². The second kappa shape index (κ2) is 5.03. The fraction of sp³-hybridized carbons (Fsp3) is 0.235. The molecule has 5 nitrogen and oxygen atoms in total. The molecule has 2 aliphatic heterocycles. The zero-order valence-electron chi connectivity index (χ0n) is 11.9. The maximum atomic E-state index is 12.4. The van der Waals surface area contributed by atoms with Gasteiger partial charge in [-0.3, -0.25) is 4.79 Å². The van der Waals surface area contributed by atoms with E-state index in [0.29, 0.717) is 11.3 Å². The molecule has 22 heavy (non-hydrogen) atoms. The number of carbonyl (C=O) groups is 1. The molecule has 4 rings (SSSR count). The van der Waals surface area contributed by atoms with Crippen molar-refractivity contribution in [1.29, 1.82) is 0 Å². The van der Waals surface area contributed by atoms with Gasteiger partial charge in [-0.25, -0.2) is 0 Å². The van der Waals surface area contributed by atoms with Gasteiger partial charge in [0.2, 0.25) is 6.79 Å². The number of fused-ring (bicyclic) bond motifs is 1. The van der Waals surface area contributed by atoms with Crippen LogP contribution >= 0.6 is 0 Å². The molecule has 0 amide bonds. The van der Waals surface area contributed by atoms with E-state index in [1.807, 2.05) is 18.2 Å². The van der Waals surface area contributed by atoms with Crippen LogP contribution in [0.25, 0.3) is 0 Å². The minimum absolute atomic E-state index is 0.0229. The van der Waals surface area contributed by atoms with E-state index in [1.165, 1.54) is 0 Å². The molecule has 0 radical (unpaired) electrons. The number of rotatable bonds is 4. The number of hydrogen-bond donors (Lipinski definition) is 0. The Labute approximate surface area is 127 Å². The van der Waals surface area contributed by atoms with Gasteiger partial charge in [0, 0.05) is 5.56 Å². The third-order valence-electron chi connectivity index (χ3n) is 3.85. The third kappa shape index (κ3) is 2.19. The molecule has 0 saturated carbocycles. The lowest BCUT2D eigenvalue weighted by molar-refractivity contribution is 0.0953. The van der Waals surface area contributed by atoms with E-state index in [1.54, 1.807) is 31.4 Å². The van der Waals surface area contributed by atoms with Crippen molar-refractivity contribution >= 4 is 5.78 Å². The van der Waals surface area contributed by atoms with Crippen molar-refractivity contribution in [2.24, 2.45) is 0 Å². The van der Waals surface area contributed by atoms with Crippen LogP contribution in [0.3, 0.4) is 0 Å². The van der Waals surface area contributed by atoms with Crippen molar-refractivity contribution in [2.45, 2.75) is 12.2 Å². The van der Waals surface area contributed by atoms with Crippen LogP contribution in [-0.2, 0) is 4.74 Å². The Balaban J connectivity index is 1.50. The Morgan fingerprint density at radius 3 is 2.64 bits per heavy atom. The smallest absolute Gasteiger partial charge is 0.231 e. The second-order valence-corrected chi connectivity index (χ2v) is 5.18. The number of ether oxygens (including phenoxy) is 4. The number of Topliss-reactive ketones (excluding diaryl/α,β-unsaturated/α-hetero) is 1. The summed E-state index contributed by atoms with van der Waals surface area (Å²) in [5.41, 5.74) is 1.55. The molecule has 0 N–H and O–H groups in total. The second-order valence-electron chi connectivity index (χ2n) is 5.18. The van der Waals surface area contributed by atoms with Crippen molar-refractivity contribution in [2.75, 3.05) is 13.9 Å². The van der Waals surface area contributed by atoms with E-state index in [9.17, 15) is 4.79 Å². The molecule has 2 aromatic rings. The van der Waals surface area contributed by atoms with Crippen molar-refractivity contribution in [1.82, 2.24) is 0 Å². The van der Waals surface area contributed by atoms with Crippen LogP contribution in [0.1, 0.15) is 22.0 Å². The number of epoxide rings is 1. The van der Waals surface area contributed by atoms with Gasteiger partial charge >= 0.3 is 0 Å². The zero-order valence-corrected chi connectivity index (χ0v) is 11.9. The van der Waals surface area contributed by atoms with Crippen LogP contribution in [0.2, 0.25) is 0 Å². The van der Waals surface area contributed by atoms with E-state index in [-0.39, 0.29) is 18.7 Å². The Kier molecular flexibility index (Phi) is 3.01. The first-order valence-corrected chi connectivity index (χ1v) is 6.99. The Bertz CT molecular complexity index is 722. The Morgan fingerprint density at radius 2 is 1.86 bits per heavy atom. The fourth-order valence-corrected chi connectivity index (χ4v) is 2.57. The summed E-state index contributed by atoms with van der Waals surface area (Å²) >= 11 is 0. The number of carbonyl (C=O) groups excluding carboxylic acids is 1. The predicted molar refractivity (Wildman–Crippen MR) is 77.5 cm³/mol. The molecule has 0 aromatic heterocycles. The van der Waals surface area contributed by atoms with E-state index in [4.69, 9.17) is 18.9 Å². The third-order valence-corrected chi connectivity index (χ3v) is 3.85. The summed E-state index contributed by atoms with van der Waals surface area (Å²) in [6, 6.07) is 12.7. The highest BCUT2D eigenvalue weighted by molar-refractivity contribution is 6.01. The van der Waals surface area contributed by atoms with Crippen LogP contribution in [0, 0.1) is 0 Å². The van der Waals surface area contributed by atoms with Crippen LogP contribution in [0.5, 0.6) is 17.2 Å². The molecular weight excluding hydrogens is 284 g/mol. The lowest BCUT2D eigenvalue weighted by atomic mass is 10.0. The van der Waals surface area contributed by atoms with Gasteiger partial charge in [0.15, 0.2) is 23.4 Å². The molecule has 112 valence electrons. The largest absolute Gasteiger partial charge is 0.497 e. The van der Waals surface area contributed by atoms with Crippen molar-refractivity contribution in [3.8, 4) is 17.2 Å². The molecule has 0 unspecified atom stereocenters. The quantitative estimate of drug-likeness (QED) is 0.641. The normalized spacial score (nSPS) is 21.5. The standard InChI is InChI=1S/C17H14O5/c1-19-12-5-2-10(3-6-12)15(18)17-16(22-17)11-4-7-13-14(8-11)21-9-20-13/h2-8,16-17H,9H2,1H3/t16-,17+/m1/s1. The molecule has 0 aliphatic carbocycles. The lowest BCUT2D eigenvalue weighted by Crippen LogP contribution is -2.08. The molecule has 2 aliphatic rings. The fourth-order valence-electron chi connectivity index (χ4n) is 2.57. The van der Waals surface area contributed by atoms with E-state index in [0.717, 1.165) is 17.1 Å². The summed E-state index contributed by atoms with van der Waals surface area (Å²) in [4.78, 5) is 12.4. The van der Waals surface area contributed by atoms with E-state index < -0.39 is 6.10 Å². The molecule has 5 heteroatoms. The van der Waals surface area contributed by atoms with E-state index in [2.05, 4.69) is 0 Å². The molecule has 2 atom stereocenters. The molecular formula is C17H14O5. The average molecular weight is 298 g/mol. The number of hydrogen-bond acceptors (Lipinski definition) is 5. The highest BCUT2D eigenvalue weighted by Crippen LogP contribution is 2.44. The summed E-state index contributed by atoms with van der Waals surface area (Å²) in [5, 5.41) is 0. The van der Waals surface area contributed by atoms with Crippen LogP contribution in [0.15, 0.2) is 42.5 Å². The van der Waals surface area contributed by atoms with Gasteiger partial charge in [-0.05, 0) is 42.0 Å². The summed E-state index contributed by atoms with van der Waals surface area (Å²) in [5.74, 6) is 2.12. The van der Waals surface area contributed by atoms with Gasteiger partial charge < -0.3 is 18.9 Å². The summed E-state index contributed by atoms with van der Waals surface area (Å²) in [6.45, 7) is 0.235. The first-order valence-electron chi connectivity index (χ1n) is 6.99. The van der Waals surface area contributed by atoms with Gasteiger partial charge in [0.25, 0.3) is 0 Å². The number of methoxy groups -OCH3 is 1. The van der Waals surface area contributed by atoms with Gasteiger partial charge in [-0.15, -0.1) is 0 Å².